The lowest BCUT2D eigenvalue weighted by Gasteiger charge is -2.09. The first kappa shape index (κ1) is 22.8. The van der Waals surface area contributed by atoms with Gasteiger partial charge in [-0.25, -0.2) is 4.98 Å². The number of aryl methyl sites for hydroxylation is 1. The van der Waals surface area contributed by atoms with Gasteiger partial charge in [0, 0.05) is 40.3 Å². The molecule has 0 aliphatic rings. The van der Waals surface area contributed by atoms with E-state index in [1.54, 1.807) is 31.3 Å². The summed E-state index contributed by atoms with van der Waals surface area (Å²) < 4.78 is 7.00. The highest BCUT2D eigenvalue weighted by Crippen LogP contribution is 2.32. The largest absolute Gasteiger partial charge is 0.481 e. The lowest BCUT2D eigenvalue weighted by Crippen LogP contribution is -2.23. The molecule has 0 fully saturated rings. The van der Waals surface area contributed by atoms with Crippen molar-refractivity contribution in [2.75, 3.05) is 12.4 Å². The number of halogens is 2. The van der Waals surface area contributed by atoms with E-state index in [4.69, 9.17) is 27.9 Å². The Kier molecular flexibility index (Phi) is 6.35. The Labute approximate surface area is 200 Å². The Morgan fingerprint density at radius 3 is 2.58 bits per heavy atom. The van der Waals surface area contributed by atoms with E-state index in [0.717, 1.165) is 16.8 Å². The monoisotopic (exact) mass is 482 g/mol. The summed E-state index contributed by atoms with van der Waals surface area (Å²) in [5.74, 6) is -1.09. The van der Waals surface area contributed by atoms with Gasteiger partial charge in [-0.15, -0.1) is 0 Å². The molecule has 3 aromatic heterocycles. The smallest absolute Gasteiger partial charge is 0.296 e. The molecule has 0 aliphatic carbocycles. The average molecular weight is 483 g/mol. The van der Waals surface area contributed by atoms with Crippen LogP contribution in [0.1, 0.15) is 27.3 Å². The molecule has 1 aromatic carbocycles. The number of carbonyl (C=O) groups is 2. The Morgan fingerprint density at radius 2 is 1.88 bits per heavy atom. The van der Waals surface area contributed by atoms with Crippen LogP contribution in [0.25, 0.3) is 10.9 Å². The molecule has 0 aliphatic heterocycles. The van der Waals surface area contributed by atoms with Gasteiger partial charge in [0.1, 0.15) is 0 Å². The normalized spacial score (nSPS) is 10.9. The van der Waals surface area contributed by atoms with Crippen molar-refractivity contribution in [1.29, 1.82) is 0 Å². The van der Waals surface area contributed by atoms with Gasteiger partial charge >= 0.3 is 0 Å². The van der Waals surface area contributed by atoms with Crippen LogP contribution in [0.2, 0.25) is 10.0 Å². The zero-order valence-corrected chi connectivity index (χ0v) is 19.7. The summed E-state index contributed by atoms with van der Waals surface area (Å²) in [6, 6.07) is 10.3. The summed E-state index contributed by atoms with van der Waals surface area (Å²) in [6.45, 7) is 4.04. The second kappa shape index (κ2) is 9.21. The highest BCUT2D eigenvalue weighted by molar-refractivity contribution is 6.48. The minimum absolute atomic E-state index is 0.317. The molecule has 0 saturated heterocycles. The van der Waals surface area contributed by atoms with Crippen LogP contribution >= 0.6 is 23.2 Å². The number of ether oxygens (including phenoxy) is 1. The average Bonchev–Trinajstić information content (AvgIpc) is 3.05. The van der Waals surface area contributed by atoms with E-state index in [2.05, 4.69) is 15.3 Å². The number of hydrogen-bond donors (Lipinski definition) is 1. The summed E-state index contributed by atoms with van der Waals surface area (Å²) in [5.41, 5.74) is 3.66. The number of rotatable bonds is 6. The number of amides is 1. The maximum absolute atomic E-state index is 13.3. The number of fused-ring (bicyclic) bond motifs is 1. The number of anilines is 1. The molecule has 0 saturated carbocycles. The summed E-state index contributed by atoms with van der Waals surface area (Å²) >= 11 is 12.4. The fourth-order valence-electron chi connectivity index (χ4n) is 3.66. The third-order valence-electron chi connectivity index (χ3n) is 5.35. The minimum Gasteiger partial charge on any atom is -0.481 e. The molecule has 9 heteroatoms. The predicted molar refractivity (Wildman–Crippen MR) is 129 cm³/mol. The lowest BCUT2D eigenvalue weighted by atomic mass is 10.0. The maximum Gasteiger partial charge on any atom is 0.296 e. The number of pyridine rings is 2. The van der Waals surface area contributed by atoms with Gasteiger partial charge in [-0.2, -0.15) is 0 Å². The third kappa shape index (κ3) is 4.55. The molecule has 0 spiro atoms. The topological polar surface area (TPSA) is 86.1 Å². The number of Topliss-reactive ketones (excluding diaryl/α,β-unsaturated/α-hetero) is 1. The molecule has 1 N–H and O–H groups in total. The van der Waals surface area contributed by atoms with Crippen LogP contribution in [0, 0.1) is 13.8 Å². The van der Waals surface area contributed by atoms with Gasteiger partial charge in [-0.1, -0.05) is 23.2 Å². The van der Waals surface area contributed by atoms with Crippen LogP contribution in [0.5, 0.6) is 5.88 Å². The standard InChI is InChI=1S/C24H20Cl2N4O3/c1-13-8-18-20(10-19(13)26)30(12-17-5-4-15(25)11-28-17)14(2)22(18)23(31)24(32)29-16-6-7-27-21(9-16)33-3/h4-11H,12H2,1-3H3,(H,27,29,32). The van der Waals surface area contributed by atoms with Crippen molar-refractivity contribution >= 4 is 51.5 Å². The number of carbonyl (C=O) groups excluding carboxylic acids is 2. The number of nitrogens with zero attached hydrogens (tertiary/aromatic N) is 3. The molecule has 7 nitrogen and oxygen atoms in total. The van der Waals surface area contributed by atoms with Crippen molar-refractivity contribution in [3.05, 3.63) is 81.4 Å². The van der Waals surface area contributed by atoms with Crippen molar-refractivity contribution in [1.82, 2.24) is 14.5 Å². The fourth-order valence-corrected chi connectivity index (χ4v) is 3.93. The van der Waals surface area contributed by atoms with Crippen molar-refractivity contribution in [3.63, 3.8) is 0 Å². The number of benzene rings is 1. The van der Waals surface area contributed by atoms with Gasteiger partial charge in [0.25, 0.3) is 11.7 Å². The van der Waals surface area contributed by atoms with Crippen molar-refractivity contribution < 1.29 is 14.3 Å². The molecule has 168 valence electrons. The summed E-state index contributed by atoms with van der Waals surface area (Å²) in [7, 11) is 1.47. The zero-order chi connectivity index (χ0) is 23.7. The Morgan fingerprint density at radius 1 is 1.09 bits per heavy atom. The van der Waals surface area contributed by atoms with E-state index < -0.39 is 11.7 Å². The first-order valence-electron chi connectivity index (χ1n) is 10.0. The molecule has 33 heavy (non-hydrogen) atoms. The second-order valence-electron chi connectivity index (χ2n) is 7.50. The number of aromatic nitrogens is 3. The van der Waals surface area contributed by atoms with Gasteiger partial charge < -0.3 is 14.6 Å². The van der Waals surface area contributed by atoms with E-state index in [0.29, 0.717) is 44.8 Å². The lowest BCUT2D eigenvalue weighted by molar-refractivity contribution is -0.112. The quantitative estimate of drug-likeness (QED) is 0.300. The molecule has 0 unspecified atom stereocenters. The van der Waals surface area contributed by atoms with E-state index in [1.165, 1.54) is 19.4 Å². The molecule has 0 atom stereocenters. The predicted octanol–water partition coefficient (Wildman–Crippen LogP) is 5.23. The molecule has 1 amide bonds. The molecule has 4 aromatic rings. The minimum atomic E-state index is -0.761. The molecule has 0 bridgehead atoms. The van der Waals surface area contributed by atoms with Crippen LogP contribution in [0.4, 0.5) is 5.69 Å². The Hall–Kier alpha value is -3.42. The number of methoxy groups -OCH3 is 1. The van der Waals surface area contributed by atoms with E-state index in [1.807, 2.05) is 23.6 Å². The van der Waals surface area contributed by atoms with E-state index in [9.17, 15) is 9.59 Å². The van der Waals surface area contributed by atoms with Gasteiger partial charge in [0.05, 0.1) is 35.5 Å². The van der Waals surface area contributed by atoms with E-state index in [-0.39, 0.29) is 0 Å². The number of ketones is 1. The third-order valence-corrected chi connectivity index (χ3v) is 5.98. The van der Waals surface area contributed by atoms with Crippen LogP contribution in [0.15, 0.2) is 48.8 Å². The van der Waals surface area contributed by atoms with Crippen molar-refractivity contribution in [2.45, 2.75) is 20.4 Å². The second-order valence-corrected chi connectivity index (χ2v) is 8.35. The highest BCUT2D eigenvalue weighted by atomic mass is 35.5. The summed E-state index contributed by atoms with van der Waals surface area (Å²) in [4.78, 5) is 34.5. The summed E-state index contributed by atoms with van der Waals surface area (Å²) in [5, 5.41) is 4.38. The van der Waals surface area contributed by atoms with Crippen molar-refractivity contribution in [2.24, 2.45) is 0 Å². The first-order valence-corrected chi connectivity index (χ1v) is 10.8. The van der Waals surface area contributed by atoms with Gasteiger partial charge in [-0.05, 0) is 49.7 Å². The molecule has 3 heterocycles. The molecular formula is C24H20Cl2N4O3. The molecule has 0 radical (unpaired) electrons. The van der Waals surface area contributed by atoms with Crippen LogP contribution in [0.3, 0.4) is 0 Å². The van der Waals surface area contributed by atoms with Gasteiger partial charge in [-0.3, -0.25) is 14.6 Å². The van der Waals surface area contributed by atoms with Gasteiger partial charge in [0.2, 0.25) is 5.88 Å². The van der Waals surface area contributed by atoms with Crippen LogP contribution < -0.4 is 10.1 Å². The van der Waals surface area contributed by atoms with Crippen LogP contribution in [-0.2, 0) is 11.3 Å². The summed E-state index contributed by atoms with van der Waals surface area (Å²) in [6.07, 6.45) is 3.05. The fraction of sp³-hybridized carbons (Fsp3) is 0.167. The zero-order valence-electron chi connectivity index (χ0n) is 18.1. The molecular weight excluding hydrogens is 463 g/mol. The number of nitrogens with one attached hydrogen (secondary N) is 1. The SMILES string of the molecule is COc1cc(NC(=O)C(=O)c2c(C)n(Cc3ccc(Cl)cn3)c3cc(Cl)c(C)cc23)ccn1. The van der Waals surface area contributed by atoms with Gasteiger partial charge in [0.15, 0.2) is 0 Å². The van der Waals surface area contributed by atoms with Crippen LogP contribution in [-0.4, -0.2) is 33.3 Å². The Bertz CT molecular complexity index is 1380. The van der Waals surface area contributed by atoms with E-state index >= 15 is 0 Å². The first-order chi connectivity index (χ1) is 15.8. The number of hydrogen-bond acceptors (Lipinski definition) is 5. The highest BCUT2D eigenvalue weighted by Gasteiger charge is 2.26. The molecule has 4 rings (SSSR count). The maximum atomic E-state index is 13.3. The Balaban J connectivity index is 1.76. The van der Waals surface area contributed by atoms with Crippen molar-refractivity contribution in [3.8, 4) is 5.88 Å².